The van der Waals surface area contributed by atoms with Crippen molar-refractivity contribution in [2.45, 2.75) is 103 Å². The molecule has 152 valence electrons. The summed E-state index contributed by atoms with van der Waals surface area (Å²) in [5.41, 5.74) is 0. The second-order valence-corrected chi connectivity index (χ2v) is 13.9. The molecule has 3 atom stereocenters. The Labute approximate surface area is 161 Å². The van der Waals surface area contributed by atoms with E-state index in [1.807, 2.05) is 6.08 Å². The van der Waals surface area contributed by atoms with Crippen molar-refractivity contribution >= 4 is 14.3 Å². The molecule has 1 rings (SSSR count). The fourth-order valence-electron chi connectivity index (χ4n) is 2.80. The van der Waals surface area contributed by atoms with Crippen molar-refractivity contribution in [1.82, 2.24) is 0 Å². The first-order valence-electron chi connectivity index (χ1n) is 10.2. The number of aliphatic hydroxyl groups is 1. The Morgan fingerprint density at radius 3 is 2.42 bits per heavy atom. The third-order valence-electron chi connectivity index (χ3n) is 5.80. The quantitative estimate of drug-likeness (QED) is 0.403. The number of carbonyl (C=O) groups excluding carboxylic acids is 1. The molecule has 0 aromatic carbocycles. The maximum atomic E-state index is 12.0. The minimum absolute atomic E-state index is 0.186. The fraction of sp³-hybridized carbons (Fsp3) is 0.857. The lowest BCUT2D eigenvalue weighted by Gasteiger charge is -2.39. The molecule has 4 nitrogen and oxygen atoms in total. The highest BCUT2D eigenvalue weighted by Crippen LogP contribution is 2.38. The zero-order chi connectivity index (χ0) is 19.8. The van der Waals surface area contributed by atoms with Gasteiger partial charge in [-0.15, -0.1) is 0 Å². The maximum Gasteiger partial charge on any atom is 0.311 e. The normalized spacial score (nSPS) is 29.3. The Morgan fingerprint density at radius 2 is 1.77 bits per heavy atom. The first-order valence-corrected chi connectivity index (χ1v) is 13.1. The van der Waals surface area contributed by atoms with Crippen LogP contribution in [0.5, 0.6) is 0 Å². The molecular weight excluding hydrogens is 344 g/mol. The van der Waals surface area contributed by atoms with Crippen LogP contribution in [0.25, 0.3) is 0 Å². The minimum atomic E-state index is -1.82. The number of esters is 1. The second-order valence-electron chi connectivity index (χ2n) is 9.17. The Hall–Kier alpha value is -0.653. The monoisotopic (exact) mass is 384 g/mol. The second kappa shape index (κ2) is 10.6. The number of cyclic esters (lactones) is 1. The average molecular weight is 385 g/mol. The summed E-state index contributed by atoms with van der Waals surface area (Å²) in [5, 5.41) is 10.4. The van der Waals surface area contributed by atoms with E-state index in [1.54, 1.807) is 13.0 Å². The molecule has 5 heteroatoms. The molecule has 0 amide bonds. The molecule has 1 heterocycles. The standard InChI is InChI=1S/C21H40O4Si/c1-17-19(22)15-12-14-18(25-26(5,6)21(2,3)4)13-10-8-7-9-11-16-24-20(17)23/h12,15,17-19,22H,7-11,13-14,16H2,1-6H3/b15-12+/t17-,18?,19-/m1/s1. The molecule has 1 aliphatic heterocycles. The lowest BCUT2D eigenvalue weighted by Crippen LogP contribution is -2.43. The molecule has 0 aliphatic carbocycles. The Kier molecular flexibility index (Phi) is 9.55. The molecule has 0 aromatic heterocycles. The molecule has 26 heavy (non-hydrogen) atoms. The van der Waals surface area contributed by atoms with E-state index in [0.717, 1.165) is 32.1 Å². The predicted molar refractivity (Wildman–Crippen MR) is 110 cm³/mol. The minimum Gasteiger partial charge on any atom is -0.465 e. The molecule has 1 unspecified atom stereocenters. The van der Waals surface area contributed by atoms with Crippen LogP contribution in [-0.4, -0.2) is 38.2 Å². The van der Waals surface area contributed by atoms with Gasteiger partial charge in [0, 0.05) is 6.10 Å². The number of aliphatic hydroxyl groups excluding tert-OH is 1. The SMILES string of the molecule is C[C@H]1C(=O)OCCCCCCCC(O[Si](C)(C)C(C)(C)C)C/C=C/[C@H]1O. The van der Waals surface area contributed by atoms with Crippen LogP contribution < -0.4 is 0 Å². The highest BCUT2D eigenvalue weighted by Gasteiger charge is 2.38. The van der Waals surface area contributed by atoms with Crippen molar-refractivity contribution in [2.75, 3.05) is 6.61 Å². The maximum absolute atomic E-state index is 12.0. The van der Waals surface area contributed by atoms with E-state index in [2.05, 4.69) is 33.9 Å². The summed E-state index contributed by atoms with van der Waals surface area (Å²) in [7, 11) is -1.82. The topological polar surface area (TPSA) is 55.8 Å². The summed E-state index contributed by atoms with van der Waals surface area (Å²) >= 11 is 0. The zero-order valence-corrected chi connectivity index (χ0v) is 18.7. The van der Waals surface area contributed by atoms with Crippen LogP contribution in [0.3, 0.4) is 0 Å². The molecular formula is C21H40O4Si. The number of hydrogen-bond donors (Lipinski definition) is 1. The first-order chi connectivity index (χ1) is 12.0. The number of rotatable bonds is 2. The van der Waals surface area contributed by atoms with E-state index in [1.165, 1.54) is 12.8 Å². The molecule has 0 spiro atoms. The van der Waals surface area contributed by atoms with E-state index < -0.39 is 20.3 Å². The number of ether oxygens (including phenoxy) is 1. The van der Waals surface area contributed by atoms with Crippen LogP contribution >= 0.6 is 0 Å². The largest absolute Gasteiger partial charge is 0.465 e. The van der Waals surface area contributed by atoms with Crippen molar-refractivity contribution in [1.29, 1.82) is 0 Å². The van der Waals surface area contributed by atoms with Crippen LogP contribution in [-0.2, 0) is 14.0 Å². The van der Waals surface area contributed by atoms with Gasteiger partial charge in [-0.05, 0) is 44.3 Å². The Balaban J connectivity index is 2.79. The van der Waals surface area contributed by atoms with Crippen LogP contribution in [0.2, 0.25) is 18.1 Å². The van der Waals surface area contributed by atoms with Crippen molar-refractivity contribution in [3.05, 3.63) is 12.2 Å². The molecule has 1 N–H and O–H groups in total. The van der Waals surface area contributed by atoms with E-state index in [0.29, 0.717) is 6.61 Å². The van der Waals surface area contributed by atoms with Crippen LogP contribution in [0.4, 0.5) is 0 Å². The van der Waals surface area contributed by atoms with Gasteiger partial charge in [0.2, 0.25) is 0 Å². The van der Waals surface area contributed by atoms with Crippen molar-refractivity contribution < 1.29 is 19.1 Å². The van der Waals surface area contributed by atoms with Gasteiger partial charge in [-0.25, -0.2) is 0 Å². The van der Waals surface area contributed by atoms with Crippen molar-refractivity contribution in [3.8, 4) is 0 Å². The fourth-order valence-corrected chi connectivity index (χ4v) is 4.20. The Bertz CT molecular complexity index is 453. The van der Waals surface area contributed by atoms with Gasteiger partial charge in [0.15, 0.2) is 8.32 Å². The molecule has 1 aliphatic rings. The van der Waals surface area contributed by atoms with E-state index in [4.69, 9.17) is 9.16 Å². The summed E-state index contributed by atoms with van der Waals surface area (Å²) in [6.07, 6.45) is 10.4. The Morgan fingerprint density at radius 1 is 1.15 bits per heavy atom. The highest BCUT2D eigenvalue weighted by molar-refractivity contribution is 6.74. The third kappa shape index (κ3) is 7.93. The van der Waals surface area contributed by atoms with Gasteiger partial charge in [0.05, 0.1) is 18.6 Å². The summed E-state index contributed by atoms with van der Waals surface area (Å²) in [6, 6.07) is 0. The van der Waals surface area contributed by atoms with E-state index in [9.17, 15) is 9.90 Å². The van der Waals surface area contributed by atoms with Gasteiger partial charge >= 0.3 is 5.97 Å². The summed E-state index contributed by atoms with van der Waals surface area (Å²) in [6.45, 7) is 13.5. The third-order valence-corrected chi connectivity index (χ3v) is 10.3. The average Bonchev–Trinajstić information content (AvgIpc) is 2.54. The molecule has 0 fully saturated rings. The van der Waals surface area contributed by atoms with Crippen molar-refractivity contribution in [3.63, 3.8) is 0 Å². The van der Waals surface area contributed by atoms with E-state index >= 15 is 0 Å². The van der Waals surface area contributed by atoms with Gasteiger partial charge in [-0.2, -0.15) is 0 Å². The molecule has 0 saturated heterocycles. The molecule has 0 radical (unpaired) electrons. The van der Waals surface area contributed by atoms with Gasteiger partial charge in [-0.3, -0.25) is 4.79 Å². The van der Waals surface area contributed by atoms with Gasteiger partial charge in [-0.1, -0.05) is 58.6 Å². The predicted octanol–water partition coefficient (Wildman–Crippen LogP) is 5.22. The summed E-state index contributed by atoms with van der Waals surface area (Å²) in [4.78, 5) is 12.0. The lowest BCUT2D eigenvalue weighted by molar-refractivity contribution is -0.150. The van der Waals surface area contributed by atoms with Crippen molar-refractivity contribution in [2.24, 2.45) is 5.92 Å². The van der Waals surface area contributed by atoms with Crippen LogP contribution in [0, 0.1) is 5.92 Å². The van der Waals surface area contributed by atoms with Crippen LogP contribution in [0.1, 0.15) is 72.6 Å². The highest BCUT2D eigenvalue weighted by atomic mass is 28.4. The number of hydrogen-bond acceptors (Lipinski definition) is 4. The smallest absolute Gasteiger partial charge is 0.311 e. The van der Waals surface area contributed by atoms with Gasteiger partial charge in [0.1, 0.15) is 0 Å². The van der Waals surface area contributed by atoms with Gasteiger partial charge in [0.25, 0.3) is 0 Å². The molecule has 0 bridgehead atoms. The van der Waals surface area contributed by atoms with E-state index in [-0.39, 0.29) is 17.1 Å². The van der Waals surface area contributed by atoms with Gasteiger partial charge < -0.3 is 14.3 Å². The summed E-state index contributed by atoms with van der Waals surface area (Å²) < 4.78 is 11.9. The first kappa shape index (κ1) is 23.4. The summed E-state index contributed by atoms with van der Waals surface area (Å²) in [5.74, 6) is -0.845. The molecule has 0 aromatic rings. The zero-order valence-electron chi connectivity index (χ0n) is 17.7. The number of carbonyl (C=O) groups is 1. The van der Waals surface area contributed by atoms with Crippen LogP contribution in [0.15, 0.2) is 12.2 Å². The molecule has 0 saturated carbocycles. The lowest BCUT2D eigenvalue weighted by atomic mass is 10.0.